The Hall–Kier alpha value is -3.86. The molecule has 0 saturated carbocycles. The zero-order chi connectivity index (χ0) is 32.0. The standard InChI is InChI=1S/C35H41N3O6S/c1-35(2)31(33(42)36-18-17-23-11-5-3-6-12-23)38(22-45-35)34(43)27(39)20-25(19-24-13-7-4-8-14-24)32(41)37-30-26-15-9-10-16-29(26)44-21-28(30)40/h3-16,25,27-28,30-31,39-40H,17-22H2,1-2H3,(H,36,42)(H,37,41)/t25-,27?,28-,30+,31?/m1/s1. The van der Waals surface area contributed by atoms with E-state index in [-0.39, 0.29) is 31.2 Å². The third-order valence-electron chi connectivity index (χ3n) is 8.47. The van der Waals surface area contributed by atoms with Crippen LogP contribution in [0.4, 0.5) is 0 Å². The number of nitrogens with zero attached hydrogens (tertiary/aromatic N) is 1. The molecule has 3 aromatic carbocycles. The lowest BCUT2D eigenvalue weighted by atomic mass is 9.90. The van der Waals surface area contributed by atoms with E-state index in [4.69, 9.17) is 4.74 Å². The fraction of sp³-hybridized carbons (Fsp3) is 0.400. The van der Waals surface area contributed by atoms with Gasteiger partial charge >= 0.3 is 0 Å². The molecule has 5 atom stereocenters. The van der Waals surface area contributed by atoms with Crippen molar-refractivity contribution in [2.75, 3.05) is 19.0 Å². The van der Waals surface area contributed by atoms with E-state index >= 15 is 0 Å². The number of thioether (sulfide) groups is 1. The summed E-state index contributed by atoms with van der Waals surface area (Å²) in [5.41, 5.74) is 2.64. The predicted molar refractivity (Wildman–Crippen MR) is 173 cm³/mol. The van der Waals surface area contributed by atoms with Crippen LogP contribution in [-0.2, 0) is 27.2 Å². The molecule has 2 unspecified atom stereocenters. The number of ether oxygens (including phenoxy) is 1. The van der Waals surface area contributed by atoms with Crippen LogP contribution in [0.25, 0.3) is 0 Å². The lowest BCUT2D eigenvalue weighted by Gasteiger charge is -2.33. The number of amides is 3. The molecule has 0 aromatic heterocycles. The average Bonchev–Trinajstić information content (AvgIpc) is 3.37. The van der Waals surface area contributed by atoms with E-state index in [9.17, 15) is 24.6 Å². The Labute approximate surface area is 268 Å². The van der Waals surface area contributed by atoms with Crippen molar-refractivity contribution in [1.82, 2.24) is 15.5 Å². The number of para-hydroxylation sites is 1. The Morgan fingerprint density at radius 1 is 0.978 bits per heavy atom. The summed E-state index contributed by atoms with van der Waals surface area (Å²) in [5.74, 6) is -1.19. The molecule has 2 heterocycles. The van der Waals surface area contributed by atoms with Crippen LogP contribution in [0.5, 0.6) is 5.75 Å². The molecule has 1 fully saturated rings. The second kappa shape index (κ2) is 14.5. The normalized spacial score (nSPS) is 21.6. The average molecular weight is 632 g/mol. The molecule has 2 aliphatic rings. The van der Waals surface area contributed by atoms with Crippen molar-refractivity contribution in [3.8, 4) is 5.75 Å². The summed E-state index contributed by atoms with van der Waals surface area (Å²) in [4.78, 5) is 42.4. The van der Waals surface area contributed by atoms with Crippen LogP contribution >= 0.6 is 11.8 Å². The van der Waals surface area contributed by atoms with E-state index in [1.807, 2.05) is 86.6 Å². The van der Waals surface area contributed by atoms with Gasteiger partial charge in [-0.2, -0.15) is 0 Å². The molecule has 0 bridgehead atoms. The van der Waals surface area contributed by atoms with Gasteiger partial charge in [-0.1, -0.05) is 78.9 Å². The van der Waals surface area contributed by atoms with Gasteiger partial charge in [0.05, 0.1) is 11.9 Å². The highest BCUT2D eigenvalue weighted by Crippen LogP contribution is 2.40. The van der Waals surface area contributed by atoms with Crippen LogP contribution in [0.1, 0.15) is 43.0 Å². The zero-order valence-electron chi connectivity index (χ0n) is 25.6. The SMILES string of the molecule is CC1(C)SCN(C(=O)C(O)C[C@@H](Cc2ccccc2)C(=O)N[C@H]2c3ccccc3OC[C@H]2O)C1C(=O)NCCc1ccccc1. The summed E-state index contributed by atoms with van der Waals surface area (Å²) in [5, 5.41) is 28.0. The molecule has 2 aliphatic heterocycles. The molecule has 9 nitrogen and oxygen atoms in total. The third-order valence-corrected chi connectivity index (χ3v) is 9.84. The van der Waals surface area contributed by atoms with Gasteiger partial charge in [0.2, 0.25) is 11.8 Å². The van der Waals surface area contributed by atoms with Gasteiger partial charge in [-0.15, -0.1) is 11.8 Å². The second-order valence-electron chi connectivity index (χ2n) is 12.2. The molecule has 3 aromatic rings. The van der Waals surface area contributed by atoms with Crippen molar-refractivity contribution in [3.63, 3.8) is 0 Å². The molecule has 45 heavy (non-hydrogen) atoms. The van der Waals surface area contributed by atoms with Gasteiger partial charge in [-0.05, 0) is 50.3 Å². The van der Waals surface area contributed by atoms with Crippen LogP contribution < -0.4 is 15.4 Å². The van der Waals surface area contributed by atoms with Gasteiger partial charge in [0, 0.05) is 22.8 Å². The molecule has 10 heteroatoms. The van der Waals surface area contributed by atoms with Crippen LogP contribution in [0.15, 0.2) is 84.9 Å². The molecule has 0 aliphatic carbocycles. The summed E-state index contributed by atoms with van der Waals surface area (Å²) >= 11 is 1.48. The summed E-state index contributed by atoms with van der Waals surface area (Å²) in [6.07, 6.45) is -1.68. The lowest BCUT2D eigenvalue weighted by Crippen LogP contribution is -2.55. The molecule has 0 radical (unpaired) electrons. The second-order valence-corrected chi connectivity index (χ2v) is 13.8. The highest BCUT2D eigenvalue weighted by molar-refractivity contribution is 8.00. The van der Waals surface area contributed by atoms with Gasteiger partial charge in [0.15, 0.2) is 0 Å². The summed E-state index contributed by atoms with van der Waals surface area (Å²) in [6, 6.07) is 25.0. The van der Waals surface area contributed by atoms with E-state index in [0.29, 0.717) is 24.3 Å². The number of carbonyl (C=O) groups excluding carboxylic acids is 3. The monoisotopic (exact) mass is 631 g/mol. The van der Waals surface area contributed by atoms with E-state index < -0.39 is 46.8 Å². The van der Waals surface area contributed by atoms with Crippen LogP contribution in [0, 0.1) is 5.92 Å². The lowest BCUT2D eigenvalue weighted by molar-refractivity contribution is -0.147. The number of aliphatic hydroxyl groups is 2. The Morgan fingerprint density at radius 2 is 1.62 bits per heavy atom. The number of hydrogen-bond acceptors (Lipinski definition) is 7. The molecular formula is C35H41N3O6S. The fourth-order valence-corrected chi connectivity index (χ4v) is 7.16. The first-order valence-corrected chi connectivity index (χ1v) is 16.3. The number of rotatable bonds is 11. The highest BCUT2D eigenvalue weighted by Gasteiger charge is 2.49. The molecule has 3 amide bonds. The maximum atomic E-state index is 13.8. The van der Waals surface area contributed by atoms with Gasteiger partial charge in [-0.25, -0.2) is 0 Å². The van der Waals surface area contributed by atoms with Gasteiger partial charge in [0.1, 0.15) is 30.6 Å². The predicted octanol–water partition coefficient (Wildman–Crippen LogP) is 3.25. The van der Waals surface area contributed by atoms with Crippen molar-refractivity contribution < 1.29 is 29.3 Å². The first kappa shape index (κ1) is 32.5. The van der Waals surface area contributed by atoms with Crippen molar-refractivity contribution >= 4 is 29.5 Å². The maximum Gasteiger partial charge on any atom is 0.252 e. The summed E-state index contributed by atoms with van der Waals surface area (Å²) in [6.45, 7) is 4.29. The third kappa shape index (κ3) is 7.87. The number of fused-ring (bicyclic) bond motifs is 1. The van der Waals surface area contributed by atoms with Crippen molar-refractivity contribution in [2.45, 2.75) is 62.1 Å². The van der Waals surface area contributed by atoms with Gasteiger partial charge in [-0.3, -0.25) is 14.4 Å². The van der Waals surface area contributed by atoms with Gasteiger partial charge in [0.25, 0.3) is 5.91 Å². The van der Waals surface area contributed by atoms with Crippen LogP contribution in [0.3, 0.4) is 0 Å². The Morgan fingerprint density at radius 3 is 2.33 bits per heavy atom. The van der Waals surface area contributed by atoms with Crippen molar-refractivity contribution in [3.05, 3.63) is 102 Å². The maximum absolute atomic E-state index is 13.8. The first-order chi connectivity index (χ1) is 21.6. The number of nitrogens with one attached hydrogen (secondary N) is 2. The number of carbonyl (C=O) groups is 3. The zero-order valence-corrected chi connectivity index (χ0v) is 26.4. The van der Waals surface area contributed by atoms with E-state index in [1.165, 1.54) is 16.7 Å². The van der Waals surface area contributed by atoms with Crippen LogP contribution in [0.2, 0.25) is 0 Å². The van der Waals surface area contributed by atoms with Crippen LogP contribution in [-0.4, -0.2) is 74.9 Å². The first-order valence-electron chi connectivity index (χ1n) is 15.3. The Balaban J connectivity index is 1.29. The molecule has 238 valence electrons. The minimum absolute atomic E-state index is 0.0314. The minimum atomic E-state index is -1.51. The molecule has 1 saturated heterocycles. The Kier molecular flexibility index (Phi) is 10.5. The van der Waals surface area contributed by atoms with Crippen molar-refractivity contribution in [1.29, 1.82) is 0 Å². The number of benzene rings is 3. The minimum Gasteiger partial charge on any atom is -0.490 e. The molecular weight excluding hydrogens is 590 g/mol. The van der Waals surface area contributed by atoms with Gasteiger partial charge < -0.3 is 30.5 Å². The van der Waals surface area contributed by atoms with E-state index in [0.717, 1.165) is 11.1 Å². The Bertz CT molecular complexity index is 1470. The van der Waals surface area contributed by atoms with E-state index in [1.54, 1.807) is 12.1 Å². The largest absolute Gasteiger partial charge is 0.490 e. The van der Waals surface area contributed by atoms with Crippen molar-refractivity contribution in [2.24, 2.45) is 5.92 Å². The fourth-order valence-electron chi connectivity index (χ4n) is 6.02. The highest BCUT2D eigenvalue weighted by atomic mass is 32.2. The number of hydrogen-bond donors (Lipinski definition) is 4. The summed E-state index contributed by atoms with van der Waals surface area (Å²) < 4.78 is 5.05. The topological polar surface area (TPSA) is 128 Å². The molecule has 4 N–H and O–H groups in total. The molecule has 0 spiro atoms. The smallest absolute Gasteiger partial charge is 0.252 e. The molecule has 5 rings (SSSR count). The summed E-state index contributed by atoms with van der Waals surface area (Å²) in [7, 11) is 0. The number of aliphatic hydroxyl groups excluding tert-OH is 2. The quantitative estimate of drug-likeness (QED) is 0.256. The van der Waals surface area contributed by atoms with E-state index in [2.05, 4.69) is 10.6 Å².